The Balaban J connectivity index is 1.53. The zero-order valence-corrected chi connectivity index (χ0v) is 15.6. The lowest BCUT2D eigenvalue weighted by Gasteiger charge is -2.26. The van der Waals surface area contributed by atoms with Crippen LogP contribution in [0.25, 0.3) is 20.7 Å². The molecule has 1 N–H and O–H groups in total. The zero-order chi connectivity index (χ0) is 17.8. The molecular weight excluding hydrogens is 349 g/mol. The molecule has 5 nitrogen and oxygen atoms in total. The lowest BCUT2D eigenvalue weighted by atomic mass is 10.1. The van der Waals surface area contributed by atoms with E-state index in [9.17, 15) is 4.39 Å². The van der Waals surface area contributed by atoms with Crippen molar-refractivity contribution in [3.05, 3.63) is 40.7 Å². The van der Waals surface area contributed by atoms with E-state index in [2.05, 4.69) is 45.5 Å². The molecule has 1 unspecified atom stereocenters. The lowest BCUT2D eigenvalue weighted by molar-refractivity contribution is 0.174. The van der Waals surface area contributed by atoms with Gasteiger partial charge in [-0.15, -0.1) is 11.3 Å². The summed E-state index contributed by atoms with van der Waals surface area (Å²) in [6, 6.07) is 6.26. The highest BCUT2D eigenvalue weighted by Crippen LogP contribution is 2.34. The summed E-state index contributed by atoms with van der Waals surface area (Å²) in [7, 11) is 0. The van der Waals surface area contributed by atoms with E-state index >= 15 is 0 Å². The Labute approximate surface area is 154 Å². The number of benzene rings is 1. The predicted octanol–water partition coefficient (Wildman–Crippen LogP) is 2.54. The number of hydrogen-bond donors (Lipinski definition) is 1. The molecule has 3 atom stereocenters. The van der Waals surface area contributed by atoms with Crippen LogP contribution in [0.15, 0.2) is 34.4 Å². The van der Waals surface area contributed by atoms with Gasteiger partial charge in [-0.25, -0.2) is 4.39 Å². The van der Waals surface area contributed by atoms with Crippen molar-refractivity contribution in [2.75, 3.05) is 13.1 Å². The van der Waals surface area contributed by atoms with E-state index < -0.39 is 6.17 Å². The Morgan fingerprint density at radius 1 is 1.27 bits per heavy atom. The number of thiophene rings is 1. The third-order valence-corrected chi connectivity index (χ3v) is 6.22. The van der Waals surface area contributed by atoms with E-state index in [0.29, 0.717) is 6.54 Å². The molecule has 0 radical (unpaired) electrons. The van der Waals surface area contributed by atoms with Gasteiger partial charge in [-0.3, -0.25) is 14.7 Å². The monoisotopic (exact) mass is 369 g/mol. The van der Waals surface area contributed by atoms with E-state index in [1.165, 1.54) is 0 Å². The molecule has 0 bridgehead atoms. The van der Waals surface area contributed by atoms with Crippen molar-refractivity contribution in [1.29, 1.82) is 0 Å². The number of rotatable bonds is 2. The molecule has 26 heavy (non-hydrogen) atoms. The highest BCUT2D eigenvalue weighted by Gasteiger charge is 2.27. The van der Waals surface area contributed by atoms with E-state index in [0.717, 1.165) is 49.9 Å². The second-order valence-electron chi connectivity index (χ2n) is 7.11. The highest BCUT2D eigenvalue weighted by atomic mass is 32.1. The molecule has 0 amide bonds. The largest absolute Gasteiger partial charge is 0.314 e. The van der Waals surface area contributed by atoms with Crippen molar-refractivity contribution in [2.24, 2.45) is 9.98 Å². The normalized spacial score (nSPS) is 25.1. The number of nitrogens with one attached hydrogen (secondary N) is 1. The molecule has 3 aromatic rings. The Bertz CT molecular complexity index is 1080. The summed E-state index contributed by atoms with van der Waals surface area (Å²) in [5, 5.41) is 10.8. The number of alkyl halides is 1. The maximum Gasteiger partial charge on any atom is 0.146 e. The number of piperidine rings is 1. The third-order valence-electron chi connectivity index (χ3n) is 5.14. The molecule has 1 saturated heterocycles. The number of aryl methyl sites for hydroxylation is 1. The molecule has 2 aliphatic heterocycles. The van der Waals surface area contributed by atoms with E-state index in [4.69, 9.17) is 0 Å². The second-order valence-corrected chi connectivity index (χ2v) is 8.14. The summed E-state index contributed by atoms with van der Waals surface area (Å²) in [5.41, 5.74) is 2.30. The standard InChI is InChI=1S/C19H20FN5S/c1-10-5-12(6-15-18(10)23-11(2)22-15)17-7-13-9-25(24-19(13)26-17)16-3-4-21-8-14(16)20/h5-7,9,11,14,16,21H,3-4,8H2,1-2H3/t11?,14-,16+/m0/s1. The summed E-state index contributed by atoms with van der Waals surface area (Å²) in [6.07, 6.45) is 1.88. The molecule has 7 heteroatoms. The minimum atomic E-state index is -0.885. The number of nitrogens with zero attached hydrogens (tertiary/aromatic N) is 4. The van der Waals surface area contributed by atoms with Gasteiger partial charge < -0.3 is 5.32 Å². The van der Waals surface area contributed by atoms with Gasteiger partial charge in [-0.1, -0.05) is 0 Å². The second kappa shape index (κ2) is 5.96. The highest BCUT2D eigenvalue weighted by molar-refractivity contribution is 7.21. The molecule has 2 aromatic heterocycles. The van der Waals surface area contributed by atoms with Gasteiger partial charge in [-0.2, -0.15) is 5.10 Å². The van der Waals surface area contributed by atoms with Gasteiger partial charge in [0.05, 0.1) is 16.8 Å². The fourth-order valence-electron chi connectivity index (χ4n) is 3.85. The van der Waals surface area contributed by atoms with Crippen molar-refractivity contribution < 1.29 is 4.39 Å². The molecule has 2 aliphatic rings. The number of hydrogen-bond acceptors (Lipinski definition) is 5. The van der Waals surface area contributed by atoms with Crippen molar-refractivity contribution >= 4 is 21.6 Å². The Morgan fingerprint density at radius 2 is 2.15 bits per heavy atom. The van der Waals surface area contributed by atoms with Crippen LogP contribution in [0.5, 0.6) is 0 Å². The van der Waals surface area contributed by atoms with Gasteiger partial charge in [-0.05, 0) is 56.1 Å². The smallest absolute Gasteiger partial charge is 0.146 e. The lowest BCUT2D eigenvalue weighted by Crippen LogP contribution is -2.39. The first kappa shape index (κ1) is 16.1. The summed E-state index contributed by atoms with van der Waals surface area (Å²) in [4.78, 5) is 11.3. The Kier molecular flexibility index (Phi) is 3.68. The van der Waals surface area contributed by atoms with Crippen LogP contribution in [-0.2, 0) is 0 Å². The van der Waals surface area contributed by atoms with Gasteiger partial charge in [0.2, 0.25) is 0 Å². The van der Waals surface area contributed by atoms with Crippen LogP contribution in [0, 0.1) is 6.92 Å². The molecule has 1 aromatic carbocycles. The molecule has 0 aliphatic carbocycles. The number of halogens is 1. The molecule has 1 fully saturated rings. The van der Waals surface area contributed by atoms with Crippen molar-refractivity contribution in [2.45, 2.75) is 38.6 Å². The third kappa shape index (κ3) is 2.57. The summed E-state index contributed by atoms with van der Waals surface area (Å²) in [5.74, 6) is 0. The minimum Gasteiger partial charge on any atom is -0.314 e. The van der Waals surface area contributed by atoms with Crippen LogP contribution < -0.4 is 16.0 Å². The fourth-order valence-corrected chi connectivity index (χ4v) is 4.84. The SMILES string of the molecule is Cc1cc(-c2cc3cn([C@@H]4CCNC[C@@H]4F)nc3s2)cc2c1=NC(C)N=2. The van der Waals surface area contributed by atoms with Crippen LogP contribution in [0.1, 0.15) is 24.9 Å². The van der Waals surface area contributed by atoms with Crippen LogP contribution in [0.2, 0.25) is 0 Å². The van der Waals surface area contributed by atoms with Crippen molar-refractivity contribution in [3.8, 4) is 10.4 Å². The van der Waals surface area contributed by atoms with E-state index in [1.807, 2.05) is 17.8 Å². The predicted molar refractivity (Wildman–Crippen MR) is 101 cm³/mol. The number of aromatic nitrogens is 2. The van der Waals surface area contributed by atoms with Crippen LogP contribution in [0.3, 0.4) is 0 Å². The first-order chi connectivity index (χ1) is 12.6. The Morgan fingerprint density at radius 3 is 2.96 bits per heavy atom. The molecule has 0 saturated carbocycles. The molecular formula is C19H20FN5S. The summed E-state index contributed by atoms with van der Waals surface area (Å²) >= 11 is 1.65. The van der Waals surface area contributed by atoms with Crippen LogP contribution >= 0.6 is 11.3 Å². The quantitative estimate of drug-likeness (QED) is 0.755. The zero-order valence-electron chi connectivity index (χ0n) is 14.7. The van der Waals surface area contributed by atoms with Crippen molar-refractivity contribution in [3.63, 3.8) is 0 Å². The maximum atomic E-state index is 14.2. The average molecular weight is 369 g/mol. The summed E-state index contributed by atoms with van der Waals surface area (Å²) < 4.78 is 16.0. The topological polar surface area (TPSA) is 54.6 Å². The number of fused-ring (bicyclic) bond motifs is 2. The Hall–Kier alpha value is -2.12. The minimum absolute atomic E-state index is 0.00260. The fraction of sp³-hybridized carbons (Fsp3) is 0.421. The van der Waals surface area contributed by atoms with Gasteiger partial charge in [0.15, 0.2) is 0 Å². The molecule has 5 rings (SSSR count). The first-order valence-electron chi connectivity index (χ1n) is 8.99. The van der Waals surface area contributed by atoms with E-state index in [1.54, 1.807) is 11.3 Å². The van der Waals surface area contributed by atoms with Gasteiger partial charge >= 0.3 is 0 Å². The van der Waals surface area contributed by atoms with Crippen LogP contribution in [-0.4, -0.2) is 35.2 Å². The molecule has 0 spiro atoms. The van der Waals surface area contributed by atoms with Gasteiger partial charge in [0, 0.05) is 23.0 Å². The van der Waals surface area contributed by atoms with Gasteiger partial charge in [0.1, 0.15) is 17.2 Å². The molecule has 134 valence electrons. The van der Waals surface area contributed by atoms with Crippen molar-refractivity contribution in [1.82, 2.24) is 15.1 Å². The van der Waals surface area contributed by atoms with E-state index in [-0.39, 0.29) is 12.2 Å². The van der Waals surface area contributed by atoms with Gasteiger partial charge in [0.25, 0.3) is 0 Å². The van der Waals surface area contributed by atoms with Crippen LogP contribution in [0.4, 0.5) is 4.39 Å². The average Bonchev–Trinajstić information content (AvgIpc) is 3.27. The summed E-state index contributed by atoms with van der Waals surface area (Å²) in [6.45, 7) is 5.33. The molecule has 4 heterocycles. The maximum absolute atomic E-state index is 14.2. The first-order valence-corrected chi connectivity index (χ1v) is 9.80.